The normalized spacial score (nSPS) is 24.4. The van der Waals surface area contributed by atoms with Crippen molar-refractivity contribution in [2.75, 3.05) is 49.7 Å². The summed E-state index contributed by atoms with van der Waals surface area (Å²) < 4.78 is 25.5. The van der Waals surface area contributed by atoms with Gasteiger partial charge in [0.1, 0.15) is 5.82 Å². The molecule has 1 aromatic carbocycles. The lowest BCUT2D eigenvalue weighted by molar-refractivity contribution is -0.139. The lowest BCUT2D eigenvalue weighted by Gasteiger charge is -2.41. The fourth-order valence-corrected chi connectivity index (χ4v) is 5.15. The molecular weight excluding hydrogens is 413 g/mol. The molecule has 3 aliphatic rings. The van der Waals surface area contributed by atoms with Crippen LogP contribution in [0.4, 0.5) is 20.6 Å². The first-order chi connectivity index (χ1) is 15.4. The number of carbonyl (C=O) groups is 2. The van der Waals surface area contributed by atoms with Crippen LogP contribution in [0.5, 0.6) is 0 Å². The smallest absolute Gasteiger partial charge is 0.411 e. The largest absolute Gasteiger partial charge is 0.449 e. The molecule has 0 aromatic heterocycles. The predicted octanol–water partition coefficient (Wildman–Crippen LogP) is 4.03. The van der Waals surface area contributed by atoms with Crippen LogP contribution in [0.3, 0.4) is 0 Å². The number of benzene rings is 1. The van der Waals surface area contributed by atoms with Crippen molar-refractivity contribution in [3.63, 3.8) is 0 Å². The molecule has 1 N–H and O–H groups in total. The Morgan fingerprint density at radius 2 is 2.06 bits per heavy atom. The summed E-state index contributed by atoms with van der Waals surface area (Å²) in [5.74, 6) is 0.0445. The Balaban J connectivity index is 1.42. The van der Waals surface area contributed by atoms with Crippen molar-refractivity contribution in [2.24, 2.45) is 11.3 Å². The second-order valence-electron chi connectivity index (χ2n) is 9.68. The van der Waals surface area contributed by atoms with Gasteiger partial charge in [-0.25, -0.2) is 9.18 Å². The summed E-state index contributed by atoms with van der Waals surface area (Å²) in [7, 11) is 0. The van der Waals surface area contributed by atoms with Gasteiger partial charge >= 0.3 is 6.09 Å². The summed E-state index contributed by atoms with van der Waals surface area (Å²) in [6, 6.07) is 4.95. The summed E-state index contributed by atoms with van der Waals surface area (Å²) in [4.78, 5) is 29.3. The number of anilines is 2. The predicted molar refractivity (Wildman–Crippen MR) is 120 cm³/mol. The molecule has 1 atom stereocenters. The van der Waals surface area contributed by atoms with Gasteiger partial charge in [0.05, 0.1) is 17.7 Å². The summed E-state index contributed by atoms with van der Waals surface area (Å²) >= 11 is 0. The molecular formula is C24H34FN3O4. The van der Waals surface area contributed by atoms with Gasteiger partial charge in [-0.3, -0.25) is 10.1 Å². The standard InChI is InChI=1S/C24H34FN3O4/c1-17(2)15-32-23(30)26-18-4-5-21(20(25)14-18)27-10-3-8-24(16-27)9-11-28(22(24)29)19-6-12-31-13-7-19/h4-5,14,17,19H,3,6-13,15-16H2,1-2H3,(H,26,30)/t24-/m1/s1. The summed E-state index contributed by atoms with van der Waals surface area (Å²) in [5, 5.41) is 2.58. The number of halogens is 1. The minimum absolute atomic E-state index is 0.223. The number of amides is 2. The zero-order chi connectivity index (χ0) is 22.7. The number of likely N-dealkylation sites (tertiary alicyclic amines) is 1. The van der Waals surface area contributed by atoms with Crippen LogP contribution in [0.1, 0.15) is 46.0 Å². The zero-order valence-corrected chi connectivity index (χ0v) is 19.1. The maximum Gasteiger partial charge on any atom is 0.411 e. The van der Waals surface area contributed by atoms with E-state index in [4.69, 9.17) is 9.47 Å². The van der Waals surface area contributed by atoms with Crippen LogP contribution in [0.15, 0.2) is 18.2 Å². The van der Waals surface area contributed by atoms with Crippen molar-refractivity contribution in [3.05, 3.63) is 24.0 Å². The van der Waals surface area contributed by atoms with Gasteiger partial charge in [0.2, 0.25) is 5.91 Å². The minimum Gasteiger partial charge on any atom is -0.449 e. The van der Waals surface area contributed by atoms with E-state index in [1.54, 1.807) is 12.1 Å². The molecule has 3 heterocycles. The first-order valence-corrected chi connectivity index (χ1v) is 11.7. The van der Waals surface area contributed by atoms with Crippen LogP contribution < -0.4 is 10.2 Å². The quantitative estimate of drug-likeness (QED) is 0.738. The highest BCUT2D eigenvalue weighted by molar-refractivity contribution is 5.87. The van der Waals surface area contributed by atoms with Gasteiger partial charge in [-0.1, -0.05) is 13.8 Å². The Morgan fingerprint density at radius 3 is 2.78 bits per heavy atom. The van der Waals surface area contributed by atoms with E-state index in [-0.39, 0.29) is 17.9 Å². The molecule has 3 saturated heterocycles. The van der Waals surface area contributed by atoms with Crippen molar-refractivity contribution in [1.82, 2.24) is 4.90 Å². The molecule has 8 heteroatoms. The summed E-state index contributed by atoms with van der Waals surface area (Å²) in [5.41, 5.74) is 0.400. The van der Waals surface area contributed by atoms with E-state index < -0.39 is 17.3 Å². The molecule has 0 unspecified atom stereocenters. The molecule has 0 bridgehead atoms. The summed E-state index contributed by atoms with van der Waals surface area (Å²) in [6.45, 7) is 7.66. The number of hydrogen-bond donors (Lipinski definition) is 1. The Morgan fingerprint density at radius 1 is 1.28 bits per heavy atom. The Bertz CT molecular complexity index is 843. The van der Waals surface area contributed by atoms with E-state index in [1.807, 2.05) is 18.7 Å². The van der Waals surface area contributed by atoms with E-state index in [1.165, 1.54) is 6.07 Å². The third-order valence-corrected chi connectivity index (χ3v) is 6.84. The highest BCUT2D eigenvalue weighted by Gasteiger charge is 2.50. The van der Waals surface area contributed by atoms with Gasteiger partial charge in [-0.05, 0) is 56.2 Å². The number of nitrogens with one attached hydrogen (secondary N) is 1. The monoisotopic (exact) mass is 447 g/mol. The van der Waals surface area contributed by atoms with Gasteiger partial charge in [-0.15, -0.1) is 0 Å². The molecule has 1 spiro atoms. The zero-order valence-electron chi connectivity index (χ0n) is 19.1. The van der Waals surface area contributed by atoms with Crippen molar-refractivity contribution >= 4 is 23.4 Å². The minimum atomic E-state index is -0.590. The van der Waals surface area contributed by atoms with Crippen molar-refractivity contribution in [2.45, 2.75) is 52.0 Å². The topological polar surface area (TPSA) is 71.1 Å². The van der Waals surface area contributed by atoms with E-state index in [0.717, 1.165) is 38.6 Å². The fraction of sp³-hybridized carbons (Fsp3) is 0.667. The Labute approximate surface area is 189 Å². The van der Waals surface area contributed by atoms with E-state index in [2.05, 4.69) is 10.2 Å². The van der Waals surface area contributed by atoms with Gasteiger partial charge in [0.15, 0.2) is 0 Å². The van der Waals surface area contributed by atoms with Gasteiger partial charge in [0.25, 0.3) is 0 Å². The molecule has 2 amide bonds. The van der Waals surface area contributed by atoms with Gasteiger partial charge in [-0.2, -0.15) is 0 Å². The van der Waals surface area contributed by atoms with Crippen LogP contribution in [-0.4, -0.2) is 62.4 Å². The highest BCUT2D eigenvalue weighted by Crippen LogP contribution is 2.43. The second kappa shape index (κ2) is 9.65. The van der Waals surface area contributed by atoms with Crippen molar-refractivity contribution in [1.29, 1.82) is 0 Å². The Hall–Kier alpha value is -2.35. The van der Waals surface area contributed by atoms with Crippen molar-refractivity contribution in [3.8, 4) is 0 Å². The van der Waals surface area contributed by atoms with E-state index >= 15 is 0 Å². The maximum absolute atomic E-state index is 15.0. The third-order valence-electron chi connectivity index (χ3n) is 6.84. The van der Waals surface area contributed by atoms with Crippen LogP contribution in [0, 0.1) is 17.2 Å². The van der Waals surface area contributed by atoms with Gasteiger partial charge < -0.3 is 19.3 Å². The van der Waals surface area contributed by atoms with Crippen LogP contribution >= 0.6 is 0 Å². The molecule has 7 nitrogen and oxygen atoms in total. The average Bonchev–Trinajstić information content (AvgIpc) is 3.08. The maximum atomic E-state index is 15.0. The number of ether oxygens (including phenoxy) is 2. The lowest BCUT2D eigenvalue weighted by atomic mass is 9.78. The van der Waals surface area contributed by atoms with Crippen LogP contribution in [0.2, 0.25) is 0 Å². The number of nitrogens with zero attached hydrogens (tertiary/aromatic N) is 2. The number of piperidine rings is 1. The van der Waals surface area contributed by atoms with Crippen molar-refractivity contribution < 1.29 is 23.5 Å². The van der Waals surface area contributed by atoms with Crippen LogP contribution in [0.25, 0.3) is 0 Å². The average molecular weight is 448 g/mol. The Kier molecular flexibility index (Phi) is 6.88. The molecule has 4 rings (SSSR count). The molecule has 3 fully saturated rings. The SMILES string of the molecule is CC(C)COC(=O)Nc1ccc(N2CCC[C@@]3(CCN(C4CCOCC4)C3=O)C2)c(F)c1. The second-order valence-corrected chi connectivity index (χ2v) is 9.68. The summed E-state index contributed by atoms with van der Waals surface area (Å²) in [6.07, 6.45) is 3.73. The molecule has 0 radical (unpaired) electrons. The molecule has 0 aliphatic carbocycles. The first kappa shape index (κ1) is 22.8. The third kappa shape index (κ3) is 4.85. The molecule has 32 heavy (non-hydrogen) atoms. The number of carbonyl (C=O) groups excluding carboxylic acids is 2. The first-order valence-electron chi connectivity index (χ1n) is 11.7. The molecule has 3 aliphatic heterocycles. The number of hydrogen-bond acceptors (Lipinski definition) is 5. The van der Waals surface area contributed by atoms with E-state index in [9.17, 15) is 14.0 Å². The highest BCUT2D eigenvalue weighted by atomic mass is 19.1. The number of rotatable bonds is 5. The fourth-order valence-electron chi connectivity index (χ4n) is 5.15. The molecule has 1 aromatic rings. The van der Waals surface area contributed by atoms with E-state index in [0.29, 0.717) is 44.3 Å². The lowest BCUT2D eigenvalue weighted by Crippen LogP contribution is -2.50. The molecule has 0 saturated carbocycles. The van der Waals surface area contributed by atoms with Gasteiger partial charge in [0, 0.05) is 44.6 Å². The van der Waals surface area contributed by atoms with Crippen LogP contribution in [-0.2, 0) is 14.3 Å². The molecule has 176 valence electrons.